The third-order valence-electron chi connectivity index (χ3n) is 1.20. The van der Waals surface area contributed by atoms with Crippen LogP contribution in [0.3, 0.4) is 0 Å². The average Bonchev–Trinajstić information content (AvgIpc) is 2.13. The van der Waals surface area contributed by atoms with E-state index >= 15 is 0 Å². The zero-order valence-electron chi connectivity index (χ0n) is 6.85. The highest BCUT2D eigenvalue weighted by atomic mass is 16.6. The highest BCUT2D eigenvalue weighted by Gasteiger charge is 1.94. The molecule has 0 saturated carbocycles. The molecule has 0 atom stereocenters. The lowest BCUT2D eigenvalue weighted by molar-refractivity contribution is 0.129. The maximum Gasteiger partial charge on any atom is 0.330 e. The SMILES string of the molecule is CON/C=C/n1cn[nH]c(=O)c1=O. The zero-order valence-corrected chi connectivity index (χ0v) is 6.85. The van der Waals surface area contributed by atoms with Crippen LogP contribution in [0, 0.1) is 0 Å². The van der Waals surface area contributed by atoms with Crippen LogP contribution in [-0.4, -0.2) is 21.9 Å². The molecule has 0 amide bonds. The first-order valence-electron chi connectivity index (χ1n) is 3.36. The summed E-state index contributed by atoms with van der Waals surface area (Å²) in [4.78, 5) is 26.2. The van der Waals surface area contributed by atoms with E-state index in [-0.39, 0.29) is 0 Å². The van der Waals surface area contributed by atoms with Crippen molar-refractivity contribution in [2.24, 2.45) is 0 Å². The summed E-state index contributed by atoms with van der Waals surface area (Å²) in [6.45, 7) is 0. The van der Waals surface area contributed by atoms with Gasteiger partial charge in [0.15, 0.2) is 0 Å². The van der Waals surface area contributed by atoms with Gasteiger partial charge in [0.05, 0.1) is 7.11 Å². The molecule has 0 bridgehead atoms. The van der Waals surface area contributed by atoms with E-state index in [2.05, 4.69) is 15.4 Å². The van der Waals surface area contributed by atoms with Crippen molar-refractivity contribution in [2.75, 3.05) is 7.11 Å². The molecule has 13 heavy (non-hydrogen) atoms. The summed E-state index contributed by atoms with van der Waals surface area (Å²) in [6, 6.07) is 0. The molecule has 0 fully saturated rings. The molecule has 0 unspecified atom stereocenters. The van der Waals surface area contributed by atoms with Gasteiger partial charge in [0.1, 0.15) is 6.33 Å². The maximum absolute atomic E-state index is 11.0. The van der Waals surface area contributed by atoms with Crippen molar-refractivity contribution >= 4 is 6.20 Å². The van der Waals surface area contributed by atoms with Crippen LogP contribution in [0.4, 0.5) is 0 Å². The number of aromatic amines is 1. The highest BCUT2D eigenvalue weighted by molar-refractivity contribution is 5.18. The van der Waals surface area contributed by atoms with Crippen LogP contribution < -0.4 is 16.6 Å². The molecular formula is C6H8N4O3. The molecule has 0 aliphatic heterocycles. The van der Waals surface area contributed by atoms with Gasteiger partial charge in [-0.05, 0) is 0 Å². The zero-order chi connectivity index (χ0) is 9.68. The van der Waals surface area contributed by atoms with Crippen LogP contribution in [-0.2, 0) is 4.84 Å². The minimum absolute atomic E-state index is 0.704. The van der Waals surface area contributed by atoms with Gasteiger partial charge in [0, 0.05) is 12.4 Å². The Balaban J connectivity index is 2.96. The molecule has 2 N–H and O–H groups in total. The summed E-state index contributed by atoms with van der Waals surface area (Å²) in [7, 11) is 1.42. The van der Waals surface area contributed by atoms with Gasteiger partial charge < -0.3 is 0 Å². The summed E-state index contributed by atoms with van der Waals surface area (Å²) in [5, 5.41) is 5.44. The van der Waals surface area contributed by atoms with E-state index in [1.807, 2.05) is 5.10 Å². The monoisotopic (exact) mass is 184 g/mol. The molecule has 0 spiro atoms. The number of nitrogens with zero attached hydrogens (tertiary/aromatic N) is 2. The summed E-state index contributed by atoms with van der Waals surface area (Å²) >= 11 is 0. The first kappa shape index (κ1) is 9.20. The second-order valence-corrected chi connectivity index (χ2v) is 2.04. The Hall–Kier alpha value is -1.89. The van der Waals surface area contributed by atoms with Crippen LogP contribution in [0.25, 0.3) is 6.20 Å². The topological polar surface area (TPSA) is 89.0 Å². The molecule has 1 heterocycles. The molecule has 70 valence electrons. The Morgan fingerprint density at radius 1 is 1.69 bits per heavy atom. The first-order valence-corrected chi connectivity index (χ1v) is 3.36. The third-order valence-corrected chi connectivity index (χ3v) is 1.20. The van der Waals surface area contributed by atoms with Gasteiger partial charge in [0.25, 0.3) is 0 Å². The number of rotatable bonds is 3. The van der Waals surface area contributed by atoms with Crippen molar-refractivity contribution in [3.63, 3.8) is 0 Å². The number of hydroxylamine groups is 1. The van der Waals surface area contributed by atoms with E-state index in [1.54, 1.807) is 0 Å². The molecule has 1 aromatic rings. The molecule has 0 aromatic carbocycles. The van der Waals surface area contributed by atoms with Crippen LogP contribution >= 0.6 is 0 Å². The lowest BCUT2D eigenvalue weighted by Crippen LogP contribution is -2.34. The van der Waals surface area contributed by atoms with Crippen LogP contribution in [0.5, 0.6) is 0 Å². The fraction of sp³-hybridized carbons (Fsp3) is 0.167. The number of H-pyrrole nitrogens is 1. The molecule has 0 aliphatic rings. The second kappa shape index (κ2) is 4.21. The first-order chi connectivity index (χ1) is 6.25. The lowest BCUT2D eigenvalue weighted by Gasteiger charge is -1.95. The van der Waals surface area contributed by atoms with Gasteiger partial charge >= 0.3 is 11.1 Å². The molecule has 7 nitrogen and oxygen atoms in total. The predicted molar refractivity (Wildman–Crippen MR) is 44.6 cm³/mol. The largest absolute Gasteiger partial charge is 0.330 e. The van der Waals surface area contributed by atoms with E-state index in [1.165, 1.54) is 25.8 Å². The standard InChI is InChI=1S/C6H8N4O3/c1-13-8-2-3-10-4-7-9-5(11)6(10)12/h2-4,8H,1H3,(H,9,11)/b3-2+. The fourth-order valence-corrected chi connectivity index (χ4v) is 0.652. The summed E-state index contributed by atoms with van der Waals surface area (Å²) in [5.74, 6) is 0. The van der Waals surface area contributed by atoms with Crippen molar-refractivity contribution in [3.8, 4) is 0 Å². The molecule has 0 aliphatic carbocycles. The van der Waals surface area contributed by atoms with Gasteiger partial charge in [0.2, 0.25) is 0 Å². The summed E-state index contributed by atoms with van der Waals surface area (Å²) in [5.41, 5.74) is 0.885. The smallest absolute Gasteiger partial charge is 0.280 e. The van der Waals surface area contributed by atoms with Crippen LogP contribution in [0.15, 0.2) is 22.1 Å². The van der Waals surface area contributed by atoms with Gasteiger partial charge in [-0.3, -0.25) is 24.5 Å². The average molecular weight is 184 g/mol. The van der Waals surface area contributed by atoms with Crippen LogP contribution in [0.1, 0.15) is 0 Å². The van der Waals surface area contributed by atoms with Gasteiger partial charge in [-0.1, -0.05) is 0 Å². The van der Waals surface area contributed by atoms with Gasteiger partial charge in [-0.2, -0.15) is 5.10 Å². The number of nitrogens with one attached hydrogen (secondary N) is 2. The Morgan fingerprint density at radius 3 is 3.15 bits per heavy atom. The number of hydrogen-bond acceptors (Lipinski definition) is 5. The van der Waals surface area contributed by atoms with E-state index in [9.17, 15) is 9.59 Å². The van der Waals surface area contributed by atoms with Gasteiger partial charge in [-0.15, -0.1) is 0 Å². The molecule has 0 radical (unpaired) electrons. The van der Waals surface area contributed by atoms with E-state index in [0.29, 0.717) is 0 Å². The van der Waals surface area contributed by atoms with Crippen molar-refractivity contribution in [2.45, 2.75) is 0 Å². The molecular weight excluding hydrogens is 176 g/mol. The van der Waals surface area contributed by atoms with E-state index in [0.717, 1.165) is 4.57 Å². The highest BCUT2D eigenvalue weighted by Crippen LogP contribution is 1.73. The summed E-state index contributed by atoms with van der Waals surface area (Å²) < 4.78 is 1.02. The van der Waals surface area contributed by atoms with E-state index < -0.39 is 11.1 Å². The molecule has 7 heteroatoms. The lowest BCUT2D eigenvalue weighted by atomic mass is 10.7. The minimum Gasteiger partial charge on any atom is -0.280 e. The van der Waals surface area contributed by atoms with Crippen molar-refractivity contribution in [1.82, 2.24) is 20.2 Å². The van der Waals surface area contributed by atoms with Crippen molar-refractivity contribution in [1.29, 1.82) is 0 Å². The Kier molecular flexibility index (Phi) is 2.98. The minimum atomic E-state index is -0.774. The number of hydrogen-bond donors (Lipinski definition) is 2. The Morgan fingerprint density at radius 2 is 2.46 bits per heavy atom. The van der Waals surface area contributed by atoms with Crippen LogP contribution in [0.2, 0.25) is 0 Å². The van der Waals surface area contributed by atoms with Gasteiger partial charge in [-0.25, -0.2) is 5.10 Å². The second-order valence-electron chi connectivity index (χ2n) is 2.04. The maximum atomic E-state index is 11.0. The Labute approximate surface area is 72.6 Å². The van der Waals surface area contributed by atoms with E-state index in [4.69, 9.17) is 0 Å². The van der Waals surface area contributed by atoms with Crippen molar-refractivity contribution in [3.05, 3.63) is 33.2 Å². The normalized spacial score (nSPS) is 10.5. The quantitative estimate of drug-likeness (QED) is 0.441. The molecule has 0 saturated heterocycles. The Bertz CT molecular complexity index is 405. The summed E-state index contributed by atoms with van der Waals surface area (Å²) in [6.07, 6.45) is 3.84. The van der Waals surface area contributed by atoms with Crippen molar-refractivity contribution < 1.29 is 4.84 Å². The predicted octanol–water partition coefficient (Wildman–Crippen LogP) is -1.49. The number of aromatic nitrogens is 3. The molecule has 1 aromatic heterocycles. The third kappa shape index (κ3) is 2.27. The fourth-order valence-electron chi connectivity index (χ4n) is 0.652. The molecule has 1 rings (SSSR count).